The first-order valence-corrected chi connectivity index (χ1v) is 10.4. The van der Waals surface area contributed by atoms with Gasteiger partial charge in [-0.2, -0.15) is 0 Å². The fourth-order valence-corrected chi connectivity index (χ4v) is 4.52. The van der Waals surface area contributed by atoms with Gasteiger partial charge in [-0.05, 0) is 57.0 Å². The van der Waals surface area contributed by atoms with Crippen LogP contribution >= 0.6 is 0 Å². The molecule has 6 nitrogen and oxygen atoms in total. The summed E-state index contributed by atoms with van der Waals surface area (Å²) in [7, 11) is 2.03. The van der Waals surface area contributed by atoms with E-state index in [0.717, 1.165) is 31.3 Å². The average molecular weight is 383 g/mol. The fourth-order valence-electron chi connectivity index (χ4n) is 4.52. The third-order valence-corrected chi connectivity index (χ3v) is 6.28. The number of H-pyrrole nitrogens is 1. The molecule has 4 rings (SSSR count). The van der Waals surface area contributed by atoms with Gasteiger partial charge >= 0.3 is 0 Å². The van der Waals surface area contributed by atoms with E-state index in [4.69, 9.17) is 0 Å². The van der Waals surface area contributed by atoms with E-state index in [0.29, 0.717) is 32.6 Å². The van der Waals surface area contributed by atoms with Gasteiger partial charge in [0, 0.05) is 49.7 Å². The molecule has 2 aliphatic rings. The zero-order valence-corrected chi connectivity index (χ0v) is 16.9. The van der Waals surface area contributed by atoms with Gasteiger partial charge in [0.25, 0.3) is 0 Å². The van der Waals surface area contributed by atoms with Crippen LogP contribution < -0.4 is 0 Å². The van der Waals surface area contributed by atoms with Gasteiger partial charge in [0.1, 0.15) is 0 Å². The summed E-state index contributed by atoms with van der Waals surface area (Å²) in [6.07, 6.45) is 5.33. The standard InChI is InChI=1S/C22H30N4O2/c1-16-5-7-18-17(15-23-19(18)14-16)6-8-21(27)25-10-12-26(13-11-25)22(28)20-4-3-9-24(20)2/h5,7,14-15,20,23H,3-4,6,8-13H2,1-2H3. The topological polar surface area (TPSA) is 59.7 Å². The molecule has 1 N–H and O–H groups in total. The second-order valence-electron chi connectivity index (χ2n) is 8.21. The Kier molecular flexibility index (Phi) is 5.40. The predicted octanol–water partition coefficient (Wildman–Crippen LogP) is 2.17. The molecule has 1 unspecified atom stereocenters. The molecule has 1 aromatic carbocycles. The molecule has 2 saturated heterocycles. The number of carbonyl (C=O) groups excluding carboxylic acids is 2. The largest absolute Gasteiger partial charge is 0.361 e. The van der Waals surface area contributed by atoms with Gasteiger partial charge in [0.2, 0.25) is 11.8 Å². The number of nitrogens with one attached hydrogen (secondary N) is 1. The quantitative estimate of drug-likeness (QED) is 0.882. The van der Waals surface area contributed by atoms with Crippen molar-refractivity contribution in [3.8, 4) is 0 Å². The van der Waals surface area contributed by atoms with Gasteiger partial charge in [-0.25, -0.2) is 0 Å². The van der Waals surface area contributed by atoms with Crippen molar-refractivity contribution in [3.05, 3.63) is 35.5 Å². The number of aromatic nitrogens is 1. The van der Waals surface area contributed by atoms with Crippen LogP contribution in [0.5, 0.6) is 0 Å². The maximum Gasteiger partial charge on any atom is 0.240 e. The summed E-state index contributed by atoms with van der Waals surface area (Å²) < 4.78 is 0. The van der Waals surface area contributed by atoms with E-state index in [9.17, 15) is 9.59 Å². The number of amides is 2. The number of likely N-dealkylation sites (tertiary alicyclic amines) is 1. The molecule has 28 heavy (non-hydrogen) atoms. The highest BCUT2D eigenvalue weighted by molar-refractivity contribution is 5.85. The number of benzene rings is 1. The molecular weight excluding hydrogens is 352 g/mol. The number of rotatable bonds is 4. The molecule has 1 atom stereocenters. The van der Waals surface area contributed by atoms with Gasteiger partial charge in [-0.15, -0.1) is 0 Å². The van der Waals surface area contributed by atoms with Crippen LogP contribution in [0.1, 0.15) is 30.4 Å². The summed E-state index contributed by atoms with van der Waals surface area (Å²) >= 11 is 0. The van der Waals surface area contributed by atoms with Crippen LogP contribution in [0.15, 0.2) is 24.4 Å². The van der Waals surface area contributed by atoms with Crippen molar-refractivity contribution in [2.45, 2.75) is 38.6 Å². The fraction of sp³-hybridized carbons (Fsp3) is 0.545. The smallest absolute Gasteiger partial charge is 0.240 e. The lowest BCUT2D eigenvalue weighted by Crippen LogP contribution is -2.54. The van der Waals surface area contributed by atoms with Crippen molar-refractivity contribution in [1.82, 2.24) is 19.7 Å². The molecule has 0 aliphatic carbocycles. The minimum absolute atomic E-state index is 0.0350. The maximum absolute atomic E-state index is 12.7. The van der Waals surface area contributed by atoms with E-state index in [2.05, 4.69) is 35.0 Å². The number of piperazine rings is 1. The second-order valence-corrected chi connectivity index (χ2v) is 8.21. The normalized spacial score (nSPS) is 20.9. The zero-order valence-electron chi connectivity index (χ0n) is 16.9. The van der Waals surface area contributed by atoms with Crippen molar-refractivity contribution in [1.29, 1.82) is 0 Å². The summed E-state index contributed by atoms with van der Waals surface area (Å²) in [5, 5.41) is 1.20. The van der Waals surface area contributed by atoms with Gasteiger partial charge < -0.3 is 14.8 Å². The van der Waals surface area contributed by atoms with Crippen LogP contribution in [-0.4, -0.2) is 77.3 Å². The van der Waals surface area contributed by atoms with Crippen molar-refractivity contribution in [2.24, 2.45) is 0 Å². The lowest BCUT2D eigenvalue weighted by Gasteiger charge is -2.37. The molecule has 6 heteroatoms. The molecule has 0 saturated carbocycles. The van der Waals surface area contributed by atoms with Crippen molar-refractivity contribution in [2.75, 3.05) is 39.8 Å². The molecule has 0 spiro atoms. The molecule has 0 bridgehead atoms. The number of hydrogen-bond donors (Lipinski definition) is 1. The average Bonchev–Trinajstić information content (AvgIpc) is 3.31. The number of carbonyl (C=O) groups is 2. The maximum atomic E-state index is 12.7. The lowest BCUT2D eigenvalue weighted by atomic mass is 10.1. The molecule has 150 valence electrons. The molecule has 3 heterocycles. The Morgan fingerprint density at radius 3 is 2.57 bits per heavy atom. The predicted molar refractivity (Wildman–Crippen MR) is 110 cm³/mol. The Hall–Kier alpha value is -2.34. The molecule has 2 fully saturated rings. The molecular formula is C22H30N4O2. The van der Waals surface area contributed by atoms with E-state index in [1.807, 2.05) is 23.0 Å². The third kappa shape index (κ3) is 3.78. The Labute approximate surface area is 166 Å². The summed E-state index contributed by atoms with van der Waals surface area (Å²) in [4.78, 5) is 34.7. The first-order chi connectivity index (χ1) is 13.5. The number of aryl methyl sites for hydroxylation is 2. The van der Waals surface area contributed by atoms with Gasteiger partial charge in [0.05, 0.1) is 6.04 Å². The number of likely N-dealkylation sites (N-methyl/N-ethyl adjacent to an activating group) is 1. The van der Waals surface area contributed by atoms with Gasteiger partial charge in [0.15, 0.2) is 0 Å². The number of nitrogens with zero attached hydrogens (tertiary/aromatic N) is 3. The first kappa shape index (κ1) is 19.0. The highest BCUT2D eigenvalue weighted by Crippen LogP contribution is 2.22. The molecule has 1 aromatic heterocycles. The van der Waals surface area contributed by atoms with Crippen LogP contribution in [0.4, 0.5) is 0 Å². The van der Waals surface area contributed by atoms with Crippen LogP contribution in [0.3, 0.4) is 0 Å². The molecule has 2 amide bonds. The van der Waals surface area contributed by atoms with Crippen molar-refractivity contribution in [3.63, 3.8) is 0 Å². The minimum atomic E-state index is 0.0350. The Morgan fingerprint density at radius 2 is 1.86 bits per heavy atom. The SMILES string of the molecule is Cc1ccc2c(CCC(=O)N3CCN(C(=O)C4CCCN4C)CC3)c[nH]c2c1. The van der Waals surface area contributed by atoms with Gasteiger partial charge in [-0.1, -0.05) is 12.1 Å². The van der Waals surface area contributed by atoms with Crippen LogP contribution in [0, 0.1) is 6.92 Å². The molecule has 0 radical (unpaired) electrons. The lowest BCUT2D eigenvalue weighted by molar-refractivity contribution is -0.142. The Bertz CT molecular complexity index is 867. The number of hydrogen-bond acceptors (Lipinski definition) is 3. The summed E-state index contributed by atoms with van der Waals surface area (Å²) in [6.45, 7) is 5.69. The third-order valence-electron chi connectivity index (χ3n) is 6.28. The van der Waals surface area contributed by atoms with Crippen LogP contribution in [0.25, 0.3) is 10.9 Å². The van der Waals surface area contributed by atoms with Crippen LogP contribution in [0.2, 0.25) is 0 Å². The molecule has 2 aromatic rings. The number of fused-ring (bicyclic) bond motifs is 1. The second kappa shape index (κ2) is 7.95. The van der Waals surface area contributed by atoms with Gasteiger partial charge in [-0.3, -0.25) is 14.5 Å². The minimum Gasteiger partial charge on any atom is -0.361 e. The highest BCUT2D eigenvalue weighted by atomic mass is 16.2. The number of aromatic amines is 1. The Morgan fingerprint density at radius 1 is 1.11 bits per heavy atom. The van der Waals surface area contributed by atoms with Crippen molar-refractivity contribution >= 4 is 22.7 Å². The summed E-state index contributed by atoms with van der Waals surface area (Å²) in [6, 6.07) is 6.41. The van der Waals surface area contributed by atoms with Crippen LogP contribution in [-0.2, 0) is 16.0 Å². The zero-order chi connectivity index (χ0) is 19.7. The van der Waals surface area contributed by atoms with E-state index in [1.165, 1.54) is 16.5 Å². The monoisotopic (exact) mass is 382 g/mol. The van der Waals surface area contributed by atoms with E-state index >= 15 is 0 Å². The van der Waals surface area contributed by atoms with Crippen molar-refractivity contribution < 1.29 is 9.59 Å². The van der Waals surface area contributed by atoms with E-state index in [-0.39, 0.29) is 17.9 Å². The first-order valence-electron chi connectivity index (χ1n) is 10.4. The molecule has 2 aliphatic heterocycles. The van der Waals surface area contributed by atoms with E-state index in [1.54, 1.807) is 0 Å². The summed E-state index contributed by atoms with van der Waals surface area (Å²) in [5.74, 6) is 0.424. The Balaban J connectivity index is 1.28. The van der Waals surface area contributed by atoms with E-state index < -0.39 is 0 Å². The summed E-state index contributed by atoms with van der Waals surface area (Å²) in [5.41, 5.74) is 3.56. The highest BCUT2D eigenvalue weighted by Gasteiger charge is 2.33.